The monoisotopic (exact) mass is 396 g/mol. The molecule has 3 aromatic carbocycles. The summed E-state index contributed by atoms with van der Waals surface area (Å²) in [7, 11) is 1.45. The molecule has 6 nitrogen and oxygen atoms in total. The number of rotatable bonds is 5. The van der Waals surface area contributed by atoms with Crippen LogP contribution in [0, 0.1) is 21.4 Å². The summed E-state index contributed by atoms with van der Waals surface area (Å²) in [6, 6.07) is 23.7. The van der Waals surface area contributed by atoms with Gasteiger partial charge in [-0.3, -0.25) is 10.1 Å². The number of nitro groups is 1. The number of fused-ring (bicyclic) bond motifs is 1. The van der Waals surface area contributed by atoms with E-state index in [1.807, 2.05) is 42.5 Å². The van der Waals surface area contributed by atoms with E-state index in [9.17, 15) is 15.4 Å². The summed E-state index contributed by atoms with van der Waals surface area (Å²) in [6.07, 6.45) is 1.64. The molecule has 0 spiro atoms. The maximum absolute atomic E-state index is 11.5. The van der Waals surface area contributed by atoms with Gasteiger partial charge in [0.15, 0.2) is 0 Å². The number of methoxy groups -OCH3 is 1. The smallest absolute Gasteiger partial charge is 0.284 e. The molecule has 146 valence electrons. The van der Waals surface area contributed by atoms with E-state index in [-0.39, 0.29) is 5.69 Å². The van der Waals surface area contributed by atoms with Crippen LogP contribution in [0.1, 0.15) is 11.3 Å². The van der Waals surface area contributed by atoms with E-state index in [1.54, 1.807) is 30.3 Å². The Morgan fingerprint density at radius 2 is 1.90 bits per heavy atom. The molecule has 6 heteroatoms. The van der Waals surface area contributed by atoms with Gasteiger partial charge >= 0.3 is 0 Å². The molecule has 1 heterocycles. The normalized spacial score (nSPS) is 11.3. The van der Waals surface area contributed by atoms with Crippen LogP contribution in [0.3, 0.4) is 0 Å². The summed E-state index contributed by atoms with van der Waals surface area (Å²) >= 11 is 0. The average molecular weight is 396 g/mol. The molecule has 0 amide bonds. The van der Waals surface area contributed by atoms with Crippen molar-refractivity contribution in [2.75, 3.05) is 7.11 Å². The first-order valence-corrected chi connectivity index (χ1v) is 9.13. The third kappa shape index (κ3) is 3.52. The third-order valence-electron chi connectivity index (χ3n) is 4.78. The molecule has 0 radical (unpaired) electrons. The molecule has 0 fully saturated rings. The van der Waals surface area contributed by atoms with E-state index >= 15 is 0 Å². The van der Waals surface area contributed by atoms with Crippen LogP contribution in [0.25, 0.3) is 33.7 Å². The lowest BCUT2D eigenvalue weighted by Crippen LogP contribution is -1.93. The molecular weight excluding hydrogens is 380 g/mol. The molecule has 0 aliphatic rings. The van der Waals surface area contributed by atoms with Gasteiger partial charge in [0.05, 0.1) is 35.3 Å². The molecule has 0 N–H and O–H groups in total. The van der Waals surface area contributed by atoms with Crippen molar-refractivity contribution in [1.29, 1.82) is 5.26 Å². The number of benzene rings is 3. The van der Waals surface area contributed by atoms with Crippen molar-refractivity contribution < 1.29 is 14.1 Å². The highest BCUT2D eigenvalue weighted by molar-refractivity contribution is 6.01. The fourth-order valence-electron chi connectivity index (χ4n) is 3.35. The van der Waals surface area contributed by atoms with Gasteiger partial charge in [0, 0.05) is 5.56 Å². The van der Waals surface area contributed by atoms with Gasteiger partial charge in [-0.2, -0.15) is 5.26 Å². The van der Waals surface area contributed by atoms with Crippen molar-refractivity contribution in [3.63, 3.8) is 0 Å². The van der Waals surface area contributed by atoms with E-state index in [0.29, 0.717) is 28.4 Å². The molecule has 4 rings (SSSR count). The number of hydrogen-bond acceptors (Lipinski definition) is 5. The minimum absolute atomic E-state index is 0.117. The van der Waals surface area contributed by atoms with E-state index in [2.05, 4.69) is 6.07 Å². The lowest BCUT2D eigenvalue weighted by Gasteiger charge is -2.05. The Kier molecular flexibility index (Phi) is 5.02. The van der Waals surface area contributed by atoms with E-state index in [1.165, 1.54) is 13.2 Å². The fraction of sp³-hybridized carbons (Fsp3) is 0.0417. The van der Waals surface area contributed by atoms with Gasteiger partial charge in [-0.15, -0.1) is 0 Å². The Morgan fingerprint density at radius 3 is 2.67 bits per heavy atom. The zero-order chi connectivity index (χ0) is 21.1. The first kappa shape index (κ1) is 19.0. The molecule has 0 atom stereocenters. The van der Waals surface area contributed by atoms with Gasteiger partial charge in [-0.1, -0.05) is 42.5 Å². The Morgan fingerprint density at radius 1 is 1.10 bits per heavy atom. The SMILES string of the molecule is COc1ccc(-c2ccc(/C=C(/C#N)c3cccc4ccccc34)o2)c([N+](=O)[O-])c1. The standard InChI is InChI=1S/C24H16N2O4/c1-29-18-9-11-22(23(14-18)26(27)28)24-12-10-19(30-24)13-17(15-25)21-8-4-6-16-5-2-3-7-20(16)21/h2-14H,1H3/b17-13-. The van der Waals surface area contributed by atoms with Gasteiger partial charge < -0.3 is 9.15 Å². The summed E-state index contributed by atoms with van der Waals surface area (Å²) < 4.78 is 10.9. The summed E-state index contributed by atoms with van der Waals surface area (Å²) in [5.74, 6) is 1.16. The predicted molar refractivity (Wildman–Crippen MR) is 115 cm³/mol. The molecule has 0 aliphatic heterocycles. The first-order valence-electron chi connectivity index (χ1n) is 9.13. The largest absolute Gasteiger partial charge is 0.497 e. The Balaban J connectivity index is 1.76. The molecular formula is C24H16N2O4. The maximum Gasteiger partial charge on any atom is 0.284 e. The van der Waals surface area contributed by atoms with Crippen LogP contribution in [0.5, 0.6) is 5.75 Å². The average Bonchev–Trinajstić information content (AvgIpc) is 3.25. The van der Waals surface area contributed by atoms with E-state index < -0.39 is 4.92 Å². The Hall–Kier alpha value is -4.37. The zero-order valence-corrected chi connectivity index (χ0v) is 16.0. The number of nitrogens with zero attached hydrogens (tertiary/aromatic N) is 2. The molecule has 0 saturated carbocycles. The minimum Gasteiger partial charge on any atom is -0.497 e. The highest BCUT2D eigenvalue weighted by Gasteiger charge is 2.19. The number of nitriles is 1. The van der Waals surface area contributed by atoms with Crippen LogP contribution in [0.15, 0.2) is 77.2 Å². The second kappa shape index (κ2) is 7.94. The highest BCUT2D eigenvalue weighted by Crippen LogP contribution is 2.35. The van der Waals surface area contributed by atoms with E-state index in [4.69, 9.17) is 9.15 Å². The van der Waals surface area contributed by atoms with Crippen LogP contribution >= 0.6 is 0 Å². The fourth-order valence-corrected chi connectivity index (χ4v) is 3.35. The van der Waals surface area contributed by atoms with Gasteiger partial charge in [0.1, 0.15) is 17.3 Å². The molecule has 4 aromatic rings. The van der Waals surface area contributed by atoms with Crippen LogP contribution in [-0.4, -0.2) is 12.0 Å². The summed E-state index contributed by atoms with van der Waals surface area (Å²) in [5.41, 5.74) is 1.46. The van der Waals surface area contributed by atoms with Gasteiger partial charge in [0.25, 0.3) is 5.69 Å². The molecule has 0 unspecified atom stereocenters. The quantitative estimate of drug-likeness (QED) is 0.232. The van der Waals surface area contributed by atoms with Gasteiger partial charge in [-0.25, -0.2) is 0 Å². The van der Waals surface area contributed by atoms with Crippen LogP contribution in [0.2, 0.25) is 0 Å². The lowest BCUT2D eigenvalue weighted by atomic mass is 9.98. The van der Waals surface area contributed by atoms with Crippen molar-refractivity contribution in [2.45, 2.75) is 0 Å². The summed E-state index contributed by atoms with van der Waals surface area (Å²) in [4.78, 5) is 11.0. The molecule has 1 aromatic heterocycles. The van der Waals surface area contributed by atoms with Gasteiger partial charge in [0.2, 0.25) is 0 Å². The van der Waals surface area contributed by atoms with Crippen molar-refractivity contribution in [1.82, 2.24) is 0 Å². The summed E-state index contributed by atoms with van der Waals surface area (Å²) in [5, 5.41) is 23.2. The first-order chi connectivity index (χ1) is 14.6. The lowest BCUT2D eigenvalue weighted by molar-refractivity contribution is -0.384. The maximum atomic E-state index is 11.5. The Labute approximate surface area is 172 Å². The predicted octanol–water partition coefficient (Wildman–Crippen LogP) is 6.08. The van der Waals surface area contributed by atoms with Crippen molar-refractivity contribution in [3.8, 4) is 23.1 Å². The topological polar surface area (TPSA) is 89.3 Å². The molecule has 0 saturated heterocycles. The number of ether oxygens (including phenoxy) is 1. The summed E-state index contributed by atoms with van der Waals surface area (Å²) in [6.45, 7) is 0. The van der Waals surface area contributed by atoms with Crippen molar-refractivity contribution >= 4 is 28.1 Å². The van der Waals surface area contributed by atoms with Crippen LogP contribution < -0.4 is 4.74 Å². The molecule has 0 bridgehead atoms. The second-order valence-corrected chi connectivity index (χ2v) is 6.54. The number of nitro benzene ring substituents is 1. The number of hydrogen-bond donors (Lipinski definition) is 0. The van der Waals surface area contributed by atoms with E-state index in [0.717, 1.165) is 16.3 Å². The molecule has 30 heavy (non-hydrogen) atoms. The number of furan rings is 1. The Bertz CT molecular complexity index is 1320. The number of allylic oxidation sites excluding steroid dienone is 1. The zero-order valence-electron chi connectivity index (χ0n) is 16.0. The highest BCUT2D eigenvalue weighted by atomic mass is 16.6. The second-order valence-electron chi connectivity index (χ2n) is 6.54. The minimum atomic E-state index is -0.479. The van der Waals surface area contributed by atoms with Crippen molar-refractivity contribution in [2.24, 2.45) is 0 Å². The van der Waals surface area contributed by atoms with Crippen molar-refractivity contribution in [3.05, 3.63) is 94.2 Å². The van der Waals surface area contributed by atoms with Gasteiger partial charge in [-0.05, 0) is 41.1 Å². The van der Waals surface area contributed by atoms with Crippen LogP contribution in [0.4, 0.5) is 5.69 Å². The third-order valence-corrected chi connectivity index (χ3v) is 4.78. The molecule has 0 aliphatic carbocycles. The van der Waals surface area contributed by atoms with Crippen LogP contribution in [-0.2, 0) is 0 Å².